The van der Waals surface area contributed by atoms with E-state index in [9.17, 15) is 15.0 Å². The molecule has 0 spiro atoms. The average Bonchev–Trinajstić information content (AvgIpc) is 3.01. The van der Waals surface area contributed by atoms with Gasteiger partial charge in [0, 0.05) is 22.6 Å². The van der Waals surface area contributed by atoms with Crippen molar-refractivity contribution in [3.63, 3.8) is 0 Å². The minimum absolute atomic E-state index is 0.134. The zero-order valence-electron chi connectivity index (χ0n) is 13.8. The van der Waals surface area contributed by atoms with Crippen LogP contribution in [0.4, 0.5) is 0 Å². The van der Waals surface area contributed by atoms with Crippen LogP contribution in [0.15, 0.2) is 48.5 Å². The van der Waals surface area contributed by atoms with Crippen LogP contribution in [0.2, 0.25) is 5.02 Å². The second-order valence-electron chi connectivity index (χ2n) is 6.90. The van der Waals surface area contributed by atoms with Crippen LogP contribution in [-0.2, 0) is 16.1 Å². The molecule has 0 radical (unpaired) electrons. The Morgan fingerprint density at radius 1 is 1.20 bits per heavy atom. The summed E-state index contributed by atoms with van der Waals surface area (Å²) in [4.78, 5) is 13.2. The molecule has 2 aliphatic rings. The Labute approximate surface area is 151 Å². The van der Waals surface area contributed by atoms with Gasteiger partial charge in [0.25, 0.3) is 0 Å². The number of Topliss-reactive ketones (excluding diaryl/α,β-unsaturated/α-hetero) is 1. The molecule has 1 heterocycles. The third-order valence-corrected chi connectivity index (χ3v) is 6.00. The summed E-state index contributed by atoms with van der Waals surface area (Å²) in [5.41, 5.74) is -0.687. The highest BCUT2D eigenvalue weighted by Gasteiger charge is 2.72. The molecule has 2 aromatic carbocycles. The summed E-state index contributed by atoms with van der Waals surface area (Å²) in [6, 6.07) is 14.0. The van der Waals surface area contributed by atoms with Gasteiger partial charge in [-0.2, -0.15) is 0 Å². The minimum atomic E-state index is -1.76. The Balaban J connectivity index is 1.93. The summed E-state index contributed by atoms with van der Waals surface area (Å²) < 4.78 is 6.17. The third kappa shape index (κ3) is 1.97. The van der Waals surface area contributed by atoms with Gasteiger partial charge in [0.2, 0.25) is 5.79 Å². The number of hydrogen-bond acceptors (Lipinski definition) is 4. The number of ketones is 1. The first-order valence-corrected chi connectivity index (χ1v) is 8.74. The SMILES string of the molecule is CC[C@@]12C[C@@](CO)(c3cccc(Cl)c3)O[C@]1(O)c1ccccc1C2=O. The first-order chi connectivity index (χ1) is 11.9. The highest BCUT2D eigenvalue weighted by Crippen LogP contribution is 2.65. The van der Waals surface area contributed by atoms with Crippen LogP contribution in [-0.4, -0.2) is 22.6 Å². The number of aliphatic hydroxyl groups is 2. The van der Waals surface area contributed by atoms with Crippen molar-refractivity contribution in [2.24, 2.45) is 5.41 Å². The molecule has 1 aliphatic carbocycles. The number of benzene rings is 2. The number of halogens is 1. The Bertz CT molecular complexity index is 866. The van der Waals surface area contributed by atoms with E-state index in [0.717, 1.165) is 0 Å². The molecule has 5 heteroatoms. The van der Waals surface area contributed by atoms with E-state index < -0.39 is 16.8 Å². The van der Waals surface area contributed by atoms with Crippen molar-refractivity contribution in [3.05, 3.63) is 70.2 Å². The maximum Gasteiger partial charge on any atom is 0.207 e. The van der Waals surface area contributed by atoms with Crippen molar-refractivity contribution < 1.29 is 19.7 Å². The van der Waals surface area contributed by atoms with Crippen molar-refractivity contribution in [1.29, 1.82) is 0 Å². The van der Waals surface area contributed by atoms with Crippen LogP contribution in [0.1, 0.15) is 41.3 Å². The van der Waals surface area contributed by atoms with Crippen molar-refractivity contribution in [3.8, 4) is 0 Å². The molecule has 4 rings (SSSR count). The molecule has 4 nitrogen and oxygen atoms in total. The van der Waals surface area contributed by atoms with E-state index >= 15 is 0 Å². The van der Waals surface area contributed by atoms with E-state index in [4.69, 9.17) is 16.3 Å². The van der Waals surface area contributed by atoms with E-state index in [-0.39, 0.29) is 18.8 Å². The van der Waals surface area contributed by atoms with Crippen molar-refractivity contribution >= 4 is 17.4 Å². The second kappa shape index (κ2) is 5.39. The van der Waals surface area contributed by atoms with Crippen molar-refractivity contribution in [2.45, 2.75) is 31.2 Å². The summed E-state index contributed by atoms with van der Waals surface area (Å²) in [6.45, 7) is 1.51. The molecule has 1 saturated heterocycles. The number of ether oxygens (including phenoxy) is 1. The Morgan fingerprint density at radius 3 is 2.64 bits per heavy atom. The van der Waals surface area contributed by atoms with Gasteiger partial charge in [-0.25, -0.2) is 0 Å². The van der Waals surface area contributed by atoms with Crippen LogP contribution >= 0.6 is 11.6 Å². The van der Waals surface area contributed by atoms with E-state index in [1.165, 1.54) is 0 Å². The van der Waals surface area contributed by atoms with E-state index in [2.05, 4.69) is 0 Å². The molecule has 130 valence electrons. The smallest absolute Gasteiger partial charge is 0.207 e. The normalized spacial score (nSPS) is 33.4. The van der Waals surface area contributed by atoms with E-state index in [1.54, 1.807) is 48.5 Å². The zero-order valence-corrected chi connectivity index (χ0v) is 14.6. The lowest BCUT2D eigenvalue weighted by molar-refractivity contribution is -0.265. The van der Waals surface area contributed by atoms with Gasteiger partial charge in [0.15, 0.2) is 5.78 Å². The lowest BCUT2D eigenvalue weighted by atomic mass is 9.71. The van der Waals surface area contributed by atoms with Crippen LogP contribution in [0.5, 0.6) is 0 Å². The van der Waals surface area contributed by atoms with Gasteiger partial charge in [0.05, 0.1) is 12.0 Å². The fourth-order valence-corrected chi connectivity index (χ4v) is 4.63. The van der Waals surface area contributed by atoms with Crippen LogP contribution in [0.25, 0.3) is 0 Å². The molecular formula is C20H19ClO4. The number of hydrogen-bond donors (Lipinski definition) is 2. The molecule has 2 N–H and O–H groups in total. The maximum atomic E-state index is 13.2. The average molecular weight is 359 g/mol. The number of carbonyl (C=O) groups excluding carboxylic acids is 1. The quantitative estimate of drug-likeness (QED) is 0.882. The third-order valence-electron chi connectivity index (χ3n) is 5.76. The summed E-state index contributed by atoms with van der Waals surface area (Å²) in [7, 11) is 0. The van der Waals surface area contributed by atoms with Gasteiger partial charge in [-0.05, 0) is 24.1 Å². The highest BCUT2D eigenvalue weighted by molar-refractivity contribution is 6.30. The fourth-order valence-electron chi connectivity index (χ4n) is 4.44. The summed E-state index contributed by atoms with van der Waals surface area (Å²) in [5.74, 6) is -1.90. The number of aliphatic hydroxyl groups excluding tert-OH is 1. The van der Waals surface area contributed by atoms with Crippen molar-refractivity contribution in [1.82, 2.24) is 0 Å². The predicted molar refractivity (Wildman–Crippen MR) is 93.3 cm³/mol. The Hall–Kier alpha value is -1.72. The first-order valence-electron chi connectivity index (χ1n) is 8.36. The molecule has 2 aromatic rings. The van der Waals surface area contributed by atoms with Gasteiger partial charge < -0.3 is 14.9 Å². The highest BCUT2D eigenvalue weighted by atomic mass is 35.5. The molecule has 25 heavy (non-hydrogen) atoms. The van der Waals surface area contributed by atoms with Crippen LogP contribution in [0, 0.1) is 5.41 Å². The molecule has 3 atom stereocenters. The van der Waals surface area contributed by atoms with E-state index in [1.807, 2.05) is 6.92 Å². The second-order valence-corrected chi connectivity index (χ2v) is 7.33. The molecule has 0 aromatic heterocycles. The minimum Gasteiger partial charge on any atom is -0.393 e. The summed E-state index contributed by atoms with van der Waals surface area (Å²) in [5, 5.41) is 22.2. The van der Waals surface area contributed by atoms with Crippen LogP contribution < -0.4 is 0 Å². The lowest BCUT2D eigenvalue weighted by Gasteiger charge is -2.33. The monoisotopic (exact) mass is 358 g/mol. The van der Waals surface area contributed by atoms with E-state index in [0.29, 0.717) is 28.1 Å². The molecule has 0 amide bonds. The fraction of sp³-hybridized carbons (Fsp3) is 0.350. The van der Waals surface area contributed by atoms with Crippen LogP contribution in [0.3, 0.4) is 0 Å². The Kier molecular flexibility index (Phi) is 3.61. The lowest BCUT2D eigenvalue weighted by Crippen LogP contribution is -2.41. The summed E-state index contributed by atoms with van der Waals surface area (Å²) in [6.07, 6.45) is 0.594. The molecular weight excluding hydrogens is 340 g/mol. The topological polar surface area (TPSA) is 66.8 Å². The predicted octanol–water partition coefficient (Wildman–Crippen LogP) is 3.39. The molecule has 0 saturated carbocycles. The standard InChI is InChI=1S/C20H19ClO4/c1-2-18-11-19(12-22,13-6-5-7-14(21)10-13)25-20(18,24)16-9-4-3-8-15(16)17(18)23/h3-10,22,24H,2,11-12H2,1H3/t18-,19+,20+/m0/s1. The molecule has 0 bridgehead atoms. The largest absolute Gasteiger partial charge is 0.393 e. The zero-order chi connectivity index (χ0) is 17.9. The number of fused-ring (bicyclic) bond motifs is 3. The number of rotatable bonds is 3. The number of carbonyl (C=O) groups is 1. The van der Waals surface area contributed by atoms with Gasteiger partial charge in [0.1, 0.15) is 5.60 Å². The van der Waals surface area contributed by atoms with Gasteiger partial charge >= 0.3 is 0 Å². The Morgan fingerprint density at radius 2 is 1.96 bits per heavy atom. The molecule has 0 unspecified atom stereocenters. The first kappa shape index (κ1) is 16.7. The van der Waals surface area contributed by atoms with Gasteiger partial charge in [-0.1, -0.05) is 54.9 Å². The van der Waals surface area contributed by atoms with Gasteiger partial charge in [-0.15, -0.1) is 0 Å². The maximum absolute atomic E-state index is 13.2. The van der Waals surface area contributed by atoms with Crippen molar-refractivity contribution in [2.75, 3.05) is 6.61 Å². The van der Waals surface area contributed by atoms with Gasteiger partial charge in [-0.3, -0.25) is 4.79 Å². The summed E-state index contributed by atoms with van der Waals surface area (Å²) >= 11 is 6.11. The molecule has 1 fully saturated rings. The molecule has 1 aliphatic heterocycles.